The van der Waals surface area contributed by atoms with Gasteiger partial charge < -0.3 is 10.2 Å². The van der Waals surface area contributed by atoms with Gasteiger partial charge in [0, 0.05) is 31.7 Å². The lowest BCUT2D eigenvalue weighted by Gasteiger charge is -2.41. The van der Waals surface area contributed by atoms with Crippen molar-refractivity contribution in [3.63, 3.8) is 0 Å². The summed E-state index contributed by atoms with van der Waals surface area (Å²) in [6.07, 6.45) is 2.65. The lowest BCUT2D eigenvalue weighted by Crippen LogP contribution is -2.58. The monoisotopic (exact) mass is 369 g/mol. The van der Waals surface area contributed by atoms with E-state index in [1.54, 1.807) is 24.0 Å². The number of sulfonamides is 1. The van der Waals surface area contributed by atoms with Crippen molar-refractivity contribution >= 4 is 16.1 Å². The van der Waals surface area contributed by atoms with Gasteiger partial charge in [-0.2, -0.15) is 4.31 Å². The minimum Gasteiger partial charge on any atom is -0.335 e. The average Bonchev–Trinajstić information content (AvgIpc) is 2.50. The van der Waals surface area contributed by atoms with Gasteiger partial charge in [0.2, 0.25) is 10.0 Å². The Hall–Kier alpha value is -1.67. The van der Waals surface area contributed by atoms with Crippen LogP contribution in [-0.4, -0.2) is 61.6 Å². The number of hydrogen-bond acceptors (Lipinski definition) is 3. The molecule has 0 unspecified atom stereocenters. The molecule has 1 heterocycles. The first kappa shape index (κ1) is 18.1. The van der Waals surface area contributed by atoms with Crippen molar-refractivity contribution in [1.82, 2.24) is 14.5 Å². The molecule has 25 heavy (non-hydrogen) atoms. The molecule has 1 saturated heterocycles. The summed E-state index contributed by atoms with van der Waals surface area (Å²) in [5.74, 6) is -0.0458. The predicted molar refractivity (Wildman–Crippen MR) is 93.3 cm³/mol. The Morgan fingerprint density at radius 2 is 1.92 bits per heavy atom. The molecule has 0 aromatic heterocycles. The van der Waals surface area contributed by atoms with E-state index in [1.807, 2.05) is 6.07 Å². The number of rotatable bonds is 3. The van der Waals surface area contributed by atoms with Gasteiger partial charge in [0.1, 0.15) is 5.82 Å². The van der Waals surface area contributed by atoms with Crippen molar-refractivity contribution in [2.75, 3.05) is 25.9 Å². The minimum atomic E-state index is -3.24. The number of benzene rings is 1. The highest BCUT2D eigenvalue weighted by Gasteiger charge is 2.36. The van der Waals surface area contributed by atoms with Crippen molar-refractivity contribution < 1.29 is 17.6 Å². The second-order valence-corrected chi connectivity index (χ2v) is 8.94. The van der Waals surface area contributed by atoms with E-state index < -0.39 is 10.0 Å². The van der Waals surface area contributed by atoms with Gasteiger partial charge in [-0.05, 0) is 37.3 Å². The van der Waals surface area contributed by atoms with E-state index in [0.717, 1.165) is 12.8 Å². The maximum Gasteiger partial charge on any atom is 0.317 e. The van der Waals surface area contributed by atoms with Crippen LogP contribution in [0.15, 0.2) is 24.3 Å². The van der Waals surface area contributed by atoms with Gasteiger partial charge in [-0.1, -0.05) is 18.2 Å². The molecule has 1 aliphatic carbocycles. The van der Waals surface area contributed by atoms with E-state index in [0.29, 0.717) is 25.2 Å². The van der Waals surface area contributed by atoms with Crippen LogP contribution in [0.2, 0.25) is 0 Å². The third-order valence-corrected chi connectivity index (χ3v) is 6.48. The third-order valence-electron chi connectivity index (χ3n) is 5.09. The maximum absolute atomic E-state index is 13.8. The van der Waals surface area contributed by atoms with E-state index in [2.05, 4.69) is 5.32 Å². The summed E-state index contributed by atoms with van der Waals surface area (Å²) in [7, 11) is -3.24. The topological polar surface area (TPSA) is 69.7 Å². The van der Waals surface area contributed by atoms with E-state index in [1.165, 1.54) is 16.6 Å². The van der Waals surface area contributed by atoms with Crippen LogP contribution in [0.25, 0.3) is 0 Å². The standard InChI is InChI=1S/C17H24FN3O3S/c1-12-11-20(7-8-21(12)25(2,23)24)17(22)19-14-9-13(10-14)15-5-3-4-6-16(15)18/h3-6,12-14H,7-11H2,1-2H3,(H,19,22)/t12-,13?,14?/m0/s1. The lowest BCUT2D eigenvalue weighted by atomic mass is 9.75. The SMILES string of the molecule is C[C@H]1CN(C(=O)NC2CC(c3ccccc3F)C2)CCN1S(C)(=O)=O. The summed E-state index contributed by atoms with van der Waals surface area (Å²) in [6, 6.07) is 6.40. The zero-order valence-electron chi connectivity index (χ0n) is 14.5. The predicted octanol–water partition coefficient (Wildman–Crippen LogP) is 1.75. The first-order valence-electron chi connectivity index (χ1n) is 8.52. The van der Waals surface area contributed by atoms with Crippen LogP contribution >= 0.6 is 0 Å². The van der Waals surface area contributed by atoms with Gasteiger partial charge in [0.15, 0.2) is 0 Å². The zero-order chi connectivity index (χ0) is 18.2. The molecule has 1 aromatic carbocycles. The molecule has 1 atom stereocenters. The van der Waals surface area contributed by atoms with E-state index >= 15 is 0 Å². The van der Waals surface area contributed by atoms with Crippen molar-refractivity contribution in [2.45, 2.75) is 37.8 Å². The largest absolute Gasteiger partial charge is 0.335 e. The van der Waals surface area contributed by atoms with Gasteiger partial charge in [-0.15, -0.1) is 0 Å². The van der Waals surface area contributed by atoms with Crippen LogP contribution in [0, 0.1) is 5.82 Å². The first-order valence-corrected chi connectivity index (χ1v) is 10.4. The maximum atomic E-state index is 13.8. The smallest absolute Gasteiger partial charge is 0.317 e. The fourth-order valence-electron chi connectivity index (χ4n) is 3.68. The molecule has 0 radical (unpaired) electrons. The molecule has 3 rings (SSSR count). The summed E-state index contributed by atoms with van der Waals surface area (Å²) in [5, 5.41) is 2.98. The molecule has 8 heteroatoms. The average molecular weight is 369 g/mol. The van der Waals surface area contributed by atoms with Gasteiger partial charge in [0.05, 0.1) is 6.26 Å². The number of piperazine rings is 1. The quantitative estimate of drug-likeness (QED) is 0.882. The van der Waals surface area contributed by atoms with Crippen LogP contribution in [0.4, 0.5) is 9.18 Å². The Balaban J connectivity index is 1.49. The lowest BCUT2D eigenvalue weighted by molar-refractivity contribution is 0.139. The Morgan fingerprint density at radius 3 is 2.52 bits per heavy atom. The summed E-state index contributed by atoms with van der Waals surface area (Å²) >= 11 is 0. The highest BCUT2D eigenvalue weighted by Crippen LogP contribution is 2.38. The molecule has 2 aliphatic rings. The molecule has 0 bridgehead atoms. The van der Waals surface area contributed by atoms with Crippen LogP contribution in [0.1, 0.15) is 31.2 Å². The van der Waals surface area contributed by atoms with E-state index in [-0.39, 0.29) is 29.8 Å². The Kier molecular flexibility index (Phi) is 5.02. The normalized spacial score (nSPS) is 27.6. The fourth-order valence-corrected chi connectivity index (χ4v) is 4.81. The van der Waals surface area contributed by atoms with Gasteiger partial charge in [-0.3, -0.25) is 0 Å². The number of urea groups is 1. The summed E-state index contributed by atoms with van der Waals surface area (Å²) < 4.78 is 38.6. The van der Waals surface area contributed by atoms with E-state index in [4.69, 9.17) is 0 Å². The van der Waals surface area contributed by atoms with Crippen LogP contribution in [0.3, 0.4) is 0 Å². The molecule has 1 aliphatic heterocycles. The minimum absolute atomic E-state index is 0.0420. The van der Waals surface area contributed by atoms with Crippen LogP contribution in [0.5, 0.6) is 0 Å². The fraction of sp³-hybridized carbons (Fsp3) is 0.588. The van der Waals surface area contributed by atoms with Gasteiger partial charge >= 0.3 is 6.03 Å². The Bertz CT molecular complexity index is 749. The number of nitrogens with zero attached hydrogens (tertiary/aromatic N) is 2. The molecular formula is C17H24FN3O3S. The second kappa shape index (κ2) is 6.92. The summed E-state index contributed by atoms with van der Waals surface area (Å²) in [6.45, 7) is 2.88. The highest BCUT2D eigenvalue weighted by molar-refractivity contribution is 7.88. The molecule has 1 aromatic rings. The molecule has 2 fully saturated rings. The summed E-state index contributed by atoms with van der Waals surface area (Å²) in [4.78, 5) is 14.0. The van der Waals surface area contributed by atoms with Crippen molar-refractivity contribution in [2.24, 2.45) is 0 Å². The highest BCUT2D eigenvalue weighted by atomic mass is 32.2. The van der Waals surface area contributed by atoms with E-state index in [9.17, 15) is 17.6 Å². The number of halogens is 1. The Labute approximate surface area is 148 Å². The van der Waals surface area contributed by atoms with Crippen LogP contribution < -0.4 is 5.32 Å². The zero-order valence-corrected chi connectivity index (χ0v) is 15.3. The number of amides is 2. The Morgan fingerprint density at radius 1 is 1.24 bits per heavy atom. The number of carbonyl (C=O) groups is 1. The number of carbonyl (C=O) groups excluding carboxylic acids is 1. The molecule has 1 saturated carbocycles. The number of nitrogens with one attached hydrogen (secondary N) is 1. The molecule has 6 nitrogen and oxygen atoms in total. The van der Waals surface area contributed by atoms with Gasteiger partial charge in [-0.25, -0.2) is 17.6 Å². The number of hydrogen-bond donors (Lipinski definition) is 1. The summed E-state index contributed by atoms with van der Waals surface area (Å²) in [5.41, 5.74) is 0.711. The van der Waals surface area contributed by atoms with Crippen molar-refractivity contribution in [3.8, 4) is 0 Å². The van der Waals surface area contributed by atoms with Crippen molar-refractivity contribution in [3.05, 3.63) is 35.6 Å². The molecule has 1 N–H and O–H groups in total. The molecule has 2 amide bonds. The first-order chi connectivity index (χ1) is 11.8. The second-order valence-electron chi connectivity index (χ2n) is 7.01. The van der Waals surface area contributed by atoms with Crippen LogP contribution in [-0.2, 0) is 10.0 Å². The molecular weight excluding hydrogens is 345 g/mol. The third kappa shape index (κ3) is 3.95. The molecule has 138 valence electrons. The van der Waals surface area contributed by atoms with Crippen molar-refractivity contribution in [1.29, 1.82) is 0 Å². The van der Waals surface area contributed by atoms with Gasteiger partial charge in [0.25, 0.3) is 0 Å². The molecule has 0 spiro atoms.